The molecule has 3 heteroatoms. The first-order valence-electron chi connectivity index (χ1n) is 5.26. The molecule has 0 saturated carbocycles. The van der Waals surface area contributed by atoms with E-state index in [1.54, 1.807) is 0 Å². The summed E-state index contributed by atoms with van der Waals surface area (Å²) in [5.74, 6) is 0. The van der Waals surface area contributed by atoms with Gasteiger partial charge in [-0.15, -0.1) is 0 Å². The van der Waals surface area contributed by atoms with Crippen molar-refractivity contribution >= 4 is 17.1 Å². The van der Waals surface area contributed by atoms with Crippen LogP contribution in [0.2, 0.25) is 0 Å². The quantitative estimate of drug-likeness (QED) is 0.764. The summed E-state index contributed by atoms with van der Waals surface area (Å²) in [7, 11) is 0. The van der Waals surface area contributed by atoms with Crippen molar-refractivity contribution in [3.63, 3.8) is 0 Å². The third-order valence-electron chi connectivity index (χ3n) is 2.23. The lowest BCUT2D eigenvalue weighted by Crippen LogP contribution is -2.03. The molecule has 1 rings (SSSR count). The molecule has 0 aliphatic carbocycles. The first kappa shape index (κ1) is 12.5. The maximum atomic E-state index is 5.78. The lowest BCUT2D eigenvalue weighted by Gasteiger charge is -2.12. The molecular formula is C13H19N3. The Balaban J connectivity index is 3.51. The van der Waals surface area contributed by atoms with Gasteiger partial charge in [-0.2, -0.15) is 0 Å². The Labute approximate surface area is 96.9 Å². The van der Waals surface area contributed by atoms with Gasteiger partial charge in [-0.1, -0.05) is 12.6 Å². The molecule has 0 aliphatic rings. The van der Waals surface area contributed by atoms with Crippen LogP contribution in [0.25, 0.3) is 5.70 Å². The van der Waals surface area contributed by atoms with Crippen molar-refractivity contribution in [1.29, 1.82) is 0 Å². The monoisotopic (exact) mass is 217 g/mol. The molecule has 0 saturated heterocycles. The standard InChI is InChI=1S/C13H19N3/c1-8(2)16-13-11(7-14)5-9(3)6-12(13)10(4)15/h5-6H,4,7,14-15H2,1-3H3. The third-order valence-corrected chi connectivity index (χ3v) is 2.23. The number of hydrogen-bond donors (Lipinski definition) is 2. The lowest BCUT2D eigenvalue weighted by atomic mass is 10.0. The van der Waals surface area contributed by atoms with E-state index >= 15 is 0 Å². The first-order chi connectivity index (χ1) is 7.45. The van der Waals surface area contributed by atoms with E-state index in [-0.39, 0.29) is 0 Å². The zero-order valence-corrected chi connectivity index (χ0v) is 10.2. The van der Waals surface area contributed by atoms with Crippen LogP contribution in [0.5, 0.6) is 0 Å². The van der Waals surface area contributed by atoms with Gasteiger partial charge in [0.05, 0.1) is 5.69 Å². The second-order valence-electron chi connectivity index (χ2n) is 4.11. The largest absolute Gasteiger partial charge is 0.399 e. The van der Waals surface area contributed by atoms with E-state index < -0.39 is 0 Å². The van der Waals surface area contributed by atoms with Gasteiger partial charge in [0.2, 0.25) is 0 Å². The molecule has 0 heterocycles. The first-order valence-corrected chi connectivity index (χ1v) is 5.26. The molecule has 1 aromatic rings. The minimum absolute atomic E-state index is 0.452. The molecular weight excluding hydrogens is 198 g/mol. The molecule has 0 aromatic heterocycles. The summed E-state index contributed by atoms with van der Waals surface area (Å²) in [6.07, 6.45) is 0. The second kappa shape index (κ2) is 4.94. The highest BCUT2D eigenvalue weighted by Crippen LogP contribution is 2.29. The van der Waals surface area contributed by atoms with Gasteiger partial charge < -0.3 is 11.5 Å². The SMILES string of the molecule is C=C(N)c1cc(C)cc(CN)c1N=C(C)C. The molecule has 0 spiro atoms. The van der Waals surface area contributed by atoms with Crippen molar-refractivity contribution in [2.45, 2.75) is 27.3 Å². The molecule has 0 fully saturated rings. The summed E-state index contributed by atoms with van der Waals surface area (Å²) in [4.78, 5) is 4.49. The lowest BCUT2D eigenvalue weighted by molar-refractivity contribution is 1.06. The molecule has 0 radical (unpaired) electrons. The Kier molecular flexibility index (Phi) is 3.85. The maximum absolute atomic E-state index is 5.78. The molecule has 16 heavy (non-hydrogen) atoms. The fourth-order valence-corrected chi connectivity index (χ4v) is 1.61. The van der Waals surface area contributed by atoms with Crippen LogP contribution in [0.15, 0.2) is 23.7 Å². The summed E-state index contributed by atoms with van der Waals surface area (Å²) in [5.41, 5.74) is 16.8. The highest BCUT2D eigenvalue weighted by atomic mass is 14.8. The molecule has 0 atom stereocenters. The average molecular weight is 217 g/mol. The summed E-state index contributed by atoms with van der Waals surface area (Å²) >= 11 is 0. The van der Waals surface area contributed by atoms with Gasteiger partial charge in [-0.25, -0.2) is 0 Å². The van der Waals surface area contributed by atoms with Crippen LogP contribution in [0.4, 0.5) is 5.69 Å². The number of benzene rings is 1. The van der Waals surface area contributed by atoms with Gasteiger partial charge >= 0.3 is 0 Å². The van der Waals surface area contributed by atoms with Gasteiger partial charge in [0, 0.05) is 23.5 Å². The summed E-state index contributed by atoms with van der Waals surface area (Å²) in [6, 6.07) is 4.03. The van der Waals surface area contributed by atoms with Crippen molar-refractivity contribution in [2.24, 2.45) is 16.5 Å². The van der Waals surface area contributed by atoms with Crippen LogP contribution < -0.4 is 11.5 Å². The van der Waals surface area contributed by atoms with Crippen LogP contribution in [-0.4, -0.2) is 5.71 Å². The molecule has 86 valence electrons. The normalized spacial score (nSPS) is 10.0. The van der Waals surface area contributed by atoms with Crippen LogP contribution in [0, 0.1) is 6.92 Å². The fraction of sp³-hybridized carbons (Fsp3) is 0.308. The molecule has 4 N–H and O–H groups in total. The Bertz CT molecular complexity index is 441. The van der Waals surface area contributed by atoms with E-state index in [9.17, 15) is 0 Å². The second-order valence-corrected chi connectivity index (χ2v) is 4.11. The summed E-state index contributed by atoms with van der Waals surface area (Å²) in [6.45, 7) is 10.1. The zero-order valence-electron chi connectivity index (χ0n) is 10.2. The van der Waals surface area contributed by atoms with Crippen molar-refractivity contribution < 1.29 is 0 Å². The molecule has 0 amide bonds. The van der Waals surface area contributed by atoms with Gasteiger partial charge in [0.25, 0.3) is 0 Å². The van der Waals surface area contributed by atoms with Crippen molar-refractivity contribution in [2.75, 3.05) is 0 Å². The number of nitrogens with zero attached hydrogens (tertiary/aromatic N) is 1. The van der Waals surface area contributed by atoms with Crippen LogP contribution >= 0.6 is 0 Å². The smallest absolute Gasteiger partial charge is 0.0766 e. The van der Waals surface area contributed by atoms with E-state index in [0.29, 0.717) is 12.2 Å². The minimum Gasteiger partial charge on any atom is -0.399 e. The highest BCUT2D eigenvalue weighted by Gasteiger charge is 2.09. The average Bonchev–Trinajstić information content (AvgIpc) is 2.19. The maximum Gasteiger partial charge on any atom is 0.0766 e. The summed E-state index contributed by atoms with van der Waals surface area (Å²) < 4.78 is 0. The molecule has 0 aliphatic heterocycles. The molecule has 0 bridgehead atoms. The van der Waals surface area contributed by atoms with Crippen molar-refractivity contribution in [1.82, 2.24) is 0 Å². The van der Waals surface area contributed by atoms with Gasteiger partial charge in [0.1, 0.15) is 0 Å². The van der Waals surface area contributed by atoms with Gasteiger partial charge in [0.15, 0.2) is 0 Å². The Morgan fingerprint density at radius 3 is 2.44 bits per heavy atom. The highest BCUT2D eigenvalue weighted by molar-refractivity contribution is 5.85. The van der Waals surface area contributed by atoms with E-state index in [0.717, 1.165) is 28.1 Å². The van der Waals surface area contributed by atoms with Gasteiger partial charge in [-0.3, -0.25) is 4.99 Å². The van der Waals surface area contributed by atoms with Crippen LogP contribution in [0.1, 0.15) is 30.5 Å². The number of nitrogens with two attached hydrogens (primary N) is 2. The topological polar surface area (TPSA) is 64.4 Å². The number of aryl methyl sites for hydroxylation is 1. The summed E-state index contributed by atoms with van der Waals surface area (Å²) in [5, 5.41) is 0. The minimum atomic E-state index is 0.452. The zero-order chi connectivity index (χ0) is 12.3. The Morgan fingerprint density at radius 2 is 2.00 bits per heavy atom. The Morgan fingerprint density at radius 1 is 1.38 bits per heavy atom. The van der Waals surface area contributed by atoms with E-state index in [1.165, 1.54) is 0 Å². The van der Waals surface area contributed by atoms with Crippen LogP contribution in [0.3, 0.4) is 0 Å². The molecule has 3 nitrogen and oxygen atoms in total. The number of rotatable bonds is 3. The number of hydrogen-bond acceptors (Lipinski definition) is 3. The predicted molar refractivity (Wildman–Crippen MR) is 70.7 cm³/mol. The van der Waals surface area contributed by atoms with Gasteiger partial charge in [-0.05, 0) is 38.0 Å². The third kappa shape index (κ3) is 2.70. The van der Waals surface area contributed by atoms with E-state index in [1.807, 2.05) is 32.9 Å². The van der Waals surface area contributed by atoms with Crippen molar-refractivity contribution in [3.05, 3.63) is 35.4 Å². The molecule has 0 unspecified atom stereocenters. The Hall–Kier alpha value is -1.61. The van der Waals surface area contributed by atoms with Crippen molar-refractivity contribution in [3.8, 4) is 0 Å². The van der Waals surface area contributed by atoms with E-state index in [4.69, 9.17) is 11.5 Å². The van der Waals surface area contributed by atoms with E-state index in [2.05, 4.69) is 11.6 Å². The molecule has 1 aromatic carbocycles. The fourth-order valence-electron chi connectivity index (χ4n) is 1.61. The predicted octanol–water partition coefficient (Wildman–Crippen LogP) is 2.50. The van der Waals surface area contributed by atoms with Crippen LogP contribution in [-0.2, 0) is 6.54 Å². The number of aliphatic imine (C=N–C) groups is 1.